The molecule has 2 aromatic carbocycles. The Kier molecular flexibility index (Phi) is 5.10. The lowest BCUT2D eigenvalue weighted by Gasteiger charge is -2.10. The van der Waals surface area contributed by atoms with Gasteiger partial charge in [-0.2, -0.15) is 5.10 Å². The van der Waals surface area contributed by atoms with Crippen LogP contribution in [0, 0.1) is 0 Å². The van der Waals surface area contributed by atoms with Gasteiger partial charge < -0.3 is 14.8 Å². The first-order chi connectivity index (χ1) is 12.8. The summed E-state index contributed by atoms with van der Waals surface area (Å²) in [4.78, 5) is 11.1. The van der Waals surface area contributed by atoms with Crippen molar-refractivity contribution in [3.8, 4) is 11.1 Å². The van der Waals surface area contributed by atoms with Gasteiger partial charge in [0.05, 0.1) is 25.2 Å². The molecule has 2 saturated heterocycles. The van der Waals surface area contributed by atoms with Crippen LogP contribution in [0.2, 0.25) is 0 Å². The number of nitrogens with zero attached hydrogens (tertiary/aromatic N) is 2. The molecule has 0 saturated carbocycles. The highest BCUT2D eigenvalue weighted by atomic mass is 32.2. The summed E-state index contributed by atoms with van der Waals surface area (Å²) in [7, 11) is 0. The fourth-order valence-corrected chi connectivity index (χ4v) is 3.30. The third kappa shape index (κ3) is 4.01. The van der Waals surface area contributed by atoms with E-state index in [0.717, 1.165) is 22.3 Å². The number of thioether (sulfide) groups is 1. The Bertz CT molecular complexity index is 841. The zero-order valence-electron chi connectivity index (χ0n) is 13.9. The largest absolute Gasteiger partial charge is 0.346 e. The number of hydrogen-bond donors (Lipinski definition) is 1. The van der Waals surface area contributed by atoms with Crippen LogP contribution in [-0.2, 0) is 14.3 Å². The standard InChI is InChI=1S/C19H17N3O3S/c23-17-12-26-19(21-17)22-20-11-13-1-3-14(4-2-13)15-5-7-16(8-6-15)18-24-9-10-25-18/h1-8,11,18H,9-10,12H2,(H,21,22,23). The molecule has 0 atom stereocenters. The molecule has 0 bridgehead atoms. The molecular weight excluding hydrogens is 350 g/mol. The average molecular weight is 367 g/mol. The lowest BCUT2D eigenvalue weighted by atomic mass is 10.0. The van der Waals surface area contributed by atoms with Crippen LogP contribution in [0.4, 0.5) is 0 Å². The predicted molar refractivity (Wildman–Crippen MR) is 102 cm³/mol. The van der Waals surface area contributed by atoms with Crippen molar-refractivity contribution in [2.75, 3.05) is 19.0 Å². The van der Waals surface area contributed by atoms with Gasteiger partial charge in [-0.05, 0) is 16.7 Å². The fraction of sp³-hybridized carbons (Fsp3) is 0.211. The molecule has 2 aliphatic rings. The quantitative estimate of drug-likeness (QED) is 0.666. The van der Waals surface area contributed by atoms with Gasteiger partial charge in [-0.3, -0.25) is 4.79 Å². The number of ether oxygens (including phenoxy) is 2. The highest BCUT2D eigenvalue weighted by Crippen LogP contribution is 2.26. The molecule has 1 N–H and O–H groups in total. The maximum Gasteiger partial charge on any atom is 0.236 e. The molecule has 0 spiro atoms. The van der Waals surface area contributed by atoms with Gasteiger partial charge in [-0.1, -0.05) is 60.3 Å². The minimum atomic E-state index is -0.243. The second-order valence-corrected chi connectivity index (χ2v) is 6.77. The Morgan fingerprint density at radius 3 is 2.27 bits per heavy atom. The van der Waals surface area contributed by atoms with E-state index >= 15 is 0 Å². The van der Waals surface area contributed by atoms with E-state index in [1.54, 1.807) is 6.21 Å². The normalized spacial score (nSPS) is 19.5. The van der Waals surface area contributed by atoms with Crippen LogP contribution >= 0.6 is 11.8 Å². The summed E-state index contributed by atoms with van der Waals surface area (Å²) >= 11 is 1.35. The molecule has 0 aromatic heterocycles. The van der Waals surface area contributed by atoms with Gasteiger partial charge >= 0.3 is 0 Å². The lowest BCUT2D eigenvalue weighted by molar-refractivity contribution is -0.116. The number of amidine groups is 1. The summed E-state index contributed by atoms with van der Waals surface area (Å²) in [6, 6.07) is 16.2. The van der Waals surface area contributed by atoms with Gasteiger partial charge in [-0.15, -0.1) is 5.10 Å². The molecule has 2 aliphatic heterocycles. The number of hydrogen-bond acceptors (Lipinski definition) is 6. The van der Waals surface area contributed by atoms with Crippen LogP contribution in [0.5, 0.6) is 0 Å². The molecule has 0 aliphatic carbocycles. The Hall–Kier alpha value is -2.48. The maximum absolute atomic E-state index is 11.1. The van der Waals surface area contributed by atoms with Crippen molar-refractivity contribution in [1.29, 1.82) is 0 Å². The SMILES string of the molecule is O=C1CSC(=NN=Cc2ccc(-c3ccc(C4OCCO4)cc3)cc2)N1. The number of benzene rings is 2. The van der Waals surface area contributed by atoms with E-state index in [0.29, 0.717) is 24.1 Å². The molecule has 0 radical (unpaired) electrons. The first-order valence-corrected chi connectivity index (χ1v) is 9.24. The Morgan fingerprint density at radius 1 is 1.00 bits per heavy atom. The summed E-state index contributed by atoms with van der Waals surface area (Å²) in [5.41, 5.74) is 4.22. The summed E-state index contributed by atoms with van der Waals surface area (Å²) in [5.74, 6) is 0.367. The van der Waals surface area contributed by atoms with E-state index in [1.807, 2.05) is 36.4 Å². The zero-order chi connectivity index (χ0) is 17.8. The second kappa shape index (κ2) is 7.82. The van der Waals surface area contributed by atoms with Crippen molar-refractivity contribution in [1.82, 2.24) is 5.32 Å². The first-order valence-electron chi connectivity index (χ1n) is 8.25. The number of carbonyl (C=O) groups excluding carboxylic acids is 1. The molecule has 1 amide bonds. The van der Waals surface area contributed by atoms with Crippen LogP contribution in [0.3, 0.4) is 0 Å². The van der Waals surface area contributed by atoms with Crippen molar-refractivity contribution >= 4 is 29.1 Å². The third-order valence-electron chi connectivity index (χ3n) is 3.99. The highest BCUT2D eigenvalue weighted by molar-refractivity contribution is 8.15. The average Bonchev–Trinajstić information content (AvgIpc) is 3.35. The van der Waals surface area contributed by atoms with Crippen molar-refractivity contribution in [3.63, 3.8) is 0 Å². The number of nitrogens with one attached hydrogen (secondary N) is 1. The van der Waals surface area contributed by atoms with Gasteiger partial charge in [0.25, 0.3) is 0 Å². The second-order valence-electron chi connectivity index (χ2n) is 5.80. The van der Waals surface area contributed by atoms with E-state index in [-0.39, 0.29) is 12.2 Å². The Morgan fingerprint density at radius 2 is 1.65 bits per heavy atom. The van der Waals surface area contributed by atoms with E-state index in [9.17, 15) is 4.79 Å². The summed E-state index contributed by atoms with van der Waals surface area (Å²) in [6.07, 6.45) is 1.42. The Labute approximate surface area is 155 Å². The van der Waals surface area contributed by atoms with Crippen molar-refractivity contribution < 1.29 is 14.3 Å². The molecule has 6 nitrogen and oxygen atoms in total. The Balaban J connectivity index is 1.41. The van der Waals surface area contributed by atoms with Gasteiger partial charge in [-0.25, -0.2) is 0 Å². The van der Waals surface area contributed by atoms with Gasteiger partial charge in [0.15, 0.2) is 11.5 Å². The molecule has 132 valence electrons. The van der Waals surface area contributed by atoms with Crippen LogP contribution in [0.15, 0.2) is 58.7 Å². The van der Waals surface area contributed by atoms with Gasteiger partial charge in [0, 0.05) is 5.56 Å². The van der Waals surface area contributed by atoms with Crippen LogP contribution in [0.1, 0.15) is 17.4 Å². The molecule has 2 fully saturated rings. The van der Waals surface area contributed by atoms with E-state index in [4.69, 9.17) is 9.47 Å². The van der Waals surface area contributed by atoms with Crippen LogP contribution in [0.25, 0.3) is 11.1 Å². The number of carbonyl (C=O) groups is 1. The molecule has 26 heavy (non-hydrogen) atoms. The summed E-state index contributed by atoms with van der Waals surface area (Å²) < 4.78 is 11.0. The molecule has 4 rings (SSSR count). The number of rotatable bonds is 4. The summed E-state index contributed by atoms with van der Waals surface area (Å²) in [5, 5.41) is 11.2. The van der Waals surface area contributed by atoms with E-state index in [1.165, 1.54) is 11.8 Å². The topological polar surface area (TPSA) is 72.3 Å². The summed E-state index contributed by atoms with van der Waals surface area (Å²) in [6.45, 7) is 1.29. The van der Waals surface area contributed by atoms with Crippen molar-refractivity contribution in [2.45, 2.75) is 6.29 Å². The first kappa shape index (κ1) is 17.0. The van der Waals surface area contributed by atoms with Crippen molar-refractivity contribution in [3.05, 3.63) is 59.7 Å². The van der Waals surface area contributed by atoms with Crippen LogP contribution in [-0.4, -0.2) is 36.3 Å². The van der Waals surface area contributed by atoms with Gasteiger partial charge in [0.2, 0.25) is 5.91 Å². The van der Waals surface area contributed by atoms with Gasteiger partial charge in [0.1, 0.15) is 0 Å². The highest BCUT2D eigenvalue weighted by Gasteiger charge is 2.18. The third-order valence-corrected chi connectivity index (χ3v) is 4.85. The fourth-order valence-electron chi connectivity index (χ4n) is 2.67. The van der Waals surface area contributed by atoms with Crippen molar-refractivity contribution in [2.24, 2.45) is 10.2 Å². The molecule has 0 unspecified atom stereocenters. The predicted octanol–water partition coefficient (Wildman–Crippen LogP) is 2.95. The monoisotopic (exact) mass is 367 g/mol. The lowest BCUT2D eigenvalue weighted by Crippen LogP contribution is -2.19. The molecular formula is C19H17N3O3S. The molecule has 2 aromatic rings. The maximum atomic E-state index is 11.1. The van der Waals surface area contributed by atoms with Crippen LogP contribution < -0.4 is 5.32 Å². The minimum absolute atomic E-state index is 0.0367. The number of amides is 1. The molecule has 7 heteroatoms. The zero-order valence-corrected chi connectivity index (χ0v) is 14.7. The minimum Gasteiger partial charge on any atom is -0.346 e. The molecule has 2 heterocycles. The smallest absolute Gasteiger partial charge is 0.236 e. The van der Waals surface area contributed by atoms with E-state index in [2.05, 4.69) is 27.7 Å². The van der Waals surface area contributed by atoms with E-state index < -0.39 is 0 Å².